The second-order valence-corrected chi connectivity index (χ2v) is 10.9. The third-order valence-electron chi connectivity index (χ3n) is 8.28. The fourth-order valence-corrected chi connectivity index (χ4v) is 6.18. The Labute approximate surface area is 232 Å². The number of para-hydroxylation sites is 1. The van der Waals surface area contributed by atoms with Gasteiger partial charge in [-0.15, -0.1) is 0 Å². The first-order chi connectivity index (χ1) is 19.6. The fraction of sp³-hybridized carbons (Fsp3) is 0.273. The molecule has 3 aliphatic heterocycles. The van der Waals surface area contributed by atoms with Crippen LogP contribution in [0.5, 0.6) is 0 Å². The van der Waals surface area contributed by atoms with Gasteiger partial charge in [-0.25, -0.2) is 9.67 Å². The number of amidine groups is 1. The van der Waals surface area contributed by atoms with Crippen molar-refractivity contribution in [1.82, 2.24) is 15.1 Å². The molecule has 0 saturated carbocycles. The van der Waals surface area contributed by atoms with E-state index in [0.717, 1.165) is 61.4 Å². The lowest BCUT2D eigenvalue weighted by Gasteiger charge is -2.29. The second kappa shape index (κ2) is 10.3. The van der Waals surface area contributed by atoms with Crippen LogP contribution in [-0.4, -0.2) is 34.7 Å². The van der Waals surface area contributed by atoms with Crippen LogP contribution in [0.1, 0.15) is 51.4 Å². The van der Waals surface area contributed by atoms with E-state index < -0.39 is 0 Å². The molecule has 1 N–H and O–H groups in total. The van der Waals surface area contributed by atoms with Crippen molar-refractivity contribution in [3.8, 4) is 11.3 Å². The molecule has 40 heavy (non-hydrogen) atoms. The summed E-state index contributed by atoms with van der Waals surface area (Å²) in [4.78, 5) is 31.2. The summed E-state index contributed by atoms with van der Waals surface area (Å²) in [5.41, 5.74) is 7.54. The van der Waals surface area contributed by atoms with Crippen molar-refractivity contribution >= 4 is 17.4 Å². The largest absolute Gasteiger partial charge is 0.381 e. The van der Waals surface area contributed by atoms with E-state index in [4.69, 9.17) is 14.8 Å². The van der Waals surface area contributed by atoms with E-state index in [1.54, 1.807) is 18.2 Å². The first kappa shape index (κ1) is 24.7. The number of fused-ring (bicyclic) bond motifs is 9. The standard InChI is InChI=1S/C33H30N4O3/c38-31-11-10-30-24-8-9-28(22-12-14-40-15-13-22)26(17-24)19-27-18-23-5-1-2-7-29(23)34-32(27)35-33(39)25-6-3-4-21(16-25)20-37(31)36-30/h1-11,16-17,22,27H,12-15,18-20H2,(H,34,35,39). The van der Waals surface area contributed by atoms with Crippen molar-refractivity contribution in [2.45, 2.75) is 38.1 Å². The molecule has 7 nitrogen and oxygen atoms in total. The fourth-order valence-electron chi connectivity index (χ4n) is 6.18. The summed E-state index contributed by atoms with van der Waals surface area (Å²) in [5.74, 6) is 0.909. The summed E-state index contributed by atoms with van der Waals surface area (Å²) in [6.45, 7) is 1.80. The number of nitrogens with zero attached hydrogens (tertiary/aromatic N) is 3. The maximum Gasteiger partial charge on any atom is 0.267 e. The molecule has 6 bridgehead atoms. The third kappa shape index (κ3) is 4.77. The summed E-state index contributed by atoms with van der Waals surface area (Å²) >= 11 is 0. The van der Waals surface area contributed by atoms with Crippen molar-refractivity contribution in [2.24, 2.45) is 10.9 Å². The van der Waals surface area contributed by atoms with Crippen molar-refractivity contribution in [3.05, 3.63) is 117 Å². The molecule has 3 aliphatic rings. The van der Waals surface area contributed by atoms with Crippen LogP contribution in [0.15, 0.2) is 88.6 Å². The smallest absolute Gasteiger partial charge is 0.267 e. The van der Waals surface area contributed by atoms with Gasteiger partial charge in [-0.2, -0.15) is 5.10 Å². The quantitative estimate of drug-likeness (QED) is 0.374. The topological polar surface area (TPSA) is 85.6 Å². The first-order valence-electron chi connectivity index (χ1n) is 14.0. The van der Waals surface area contributed by atoms with Crippen molar-refractivity contribution < 1.29 is 9.53 Å². The Bertz CT molecular complexity index is 1700. The highest BCUT2D eigenvalue weighted by Gasteiger charge is 2.28. The van der Waals surface area contributed by atoms with Crippen LogP contribution in [0.2, 0.25) is 0 Å². The number of carbonyl (C=O) groups excluding carboxylic acids is 1. The molecular formula is C33H30N4O3. The SMILES string of the molecule is O=C1NC2=Nc3ccccc3CC2Cc2cc(ccc2C2CCOCC2)-c2ccc(=O)n(n2)Cc2cccc1c2. The average molecular weight is 531 g/mol. The number of carbonyl (C=O) groups is 1. The van der Waals surface area contributed by atoms with Crippen LogP contribution in [-0.2, 0) is 24.1 Å². The predicted molar refractivity (Wildman–Crippen MR) is 154 cm³/mol. The third-order valence-corrected chi connectivity index (χ3v) is 8.28. The first-order valence-corrected chi connectivity index (χ1v) is 14.0. The number of hydrogen-bond donors (Lipinski definition) is 1. The average Bonchev–Trinajstić information content (AvgIpc) is 2.99. The van der Waals surface area contributed by atoms with Crippen LogP contribution in [0.3, 0.4) is 0 Å². The van der Waals surface area contributed by atoms with Crippen LogP contribution in [0.25, 0.3) is 11.3 Å². The van der Waals surface area contributed by atoms with Gasteiger partial charge in [0.05, 0.1) is 17.9 Å². The molecule has 4 heterocycles. The molecule has 7 rings (SSSR count). The predicted octanol–water partition coefficient (Wildman–Crippen LogP) is 5.04. The lowest BCUT2D eigenvalue weighted by molar-refractivity contribution is 0.0851. The highest BCUT2D eigenvalue weighted by atomic mass is 16.5. The Morgan fingerprint density at radius 1 is 0.800 bits per heavy atom. The van der Waals surface area contributed by atoms with Crippen LogP contribution < -0.4 is 10.9 Å². The maximum absolute atomic E-state index is 13.5. The molecule has 1 aromatic heterocycles. The van der Waals surface area contributed by atoms with Crippen molar-refractivity contribution in [3.63, 3.8) is 0 Å². The molecule has 0 spiro atoms. The molecular weight excluding hydrogens is 500 g/mol. The molecule has 4 aromatic rings. The lowest BCUT2D eigenvalue weighted by atomic mass is 9.81. The van der Waals surface area contributed by atoms with E-state index in [9.17, 15) is 9.59 Å². The molecule has 3 aromatic carbocycles. The summed E-state index contributed by atoms with van der Waals surface area (Å²) in [6.07, 6.45) is 3.48. The van der Waals surface area contributed by atoms with Crippen LogP contribution >= 0.6 is 0 Å². The Balaban J connectivity index is 1.40. The second-order valence-electron chi connectivity index (χ2n) is 10.9. The summed E-state index contributed by atoms with van der Waals surface area (Å²) in [5, 5.41) is 7.91. The zero-order valence-corrected chi connectivity index (χ0v) is 22.2. The molecule has 200 valence electrons. The highest BCUT2D eigenvalue weighted by molar-refractivity contribution is 6.08. The molecule has 1 saturated heterocycles. The van der Waals surface area contributed by atoms with Gasteiger partial charge in [0.1, 0.15) is 5.84 Å². The minimum Gasteiger partial charge on any atom is -0.381 e. The minimum atomic E-state index is -0.202. The Kier molecular flexibility index (Phi) is 6.36. The maximum atomic E-state index is 13.5. The number of benzene rings is 3. The Morgan fingerprint density at radius 2 is 1.65 bits per heavy atom. The summed E-state index contributed by atoms with van der Waals surface area (Å²) < 4.78 is 7.14. The van der Waals surface area contributed by atoms with Gasteiger partial charge in [-0.3, -0.25) is 9.59 Å². The Hall–Kier alpha value is -4.36. The molecule has 1 fully saturated rings. The van der Waals surface area contributed by atoms with E-state index in [1.165, 1.54) is 21.4 Å². The van der Waals surface area contributed by atoms with Crippen LogP contribution in [0.4, 0.5) is 5.69 Å². The summed E-state index contributed by atoms with van der Waals surface area (Å²) in [6, 6.07) is 25.5. The summed E-state index contributed by atoms with van der Waals surface area (Å²) in [7, 11) is 0. The highest BCUT2D eigenvalue weighted by Crippen LogP contribution is 2.36. The number of aromatic nitrogens is 2. The number of rotatable bonds is 1. The van der Waals surface area contributed by atoms with Crippen molar-refractivity contribution in [2.75, 3.05) is 13.2 Å². The van der Waals surface area contributed by atoms with Crippen molar-refractivity contribution in [1.29, 1.82) is 0 Å². The zero-order valence-electron chi connectivity index (χ0n) is 22.2. The van der Waals surface area contributed by atoms with E-state index in [-0.39, 0.29) is 23.9 Å². The number of hydrogen-bond acceptors (Lipinski definition) is 5. The molecule has 0 radical (unpaired) electrons. The monoisotopic (exact) mass is 530 g/mol. The van der Waals surface area contributed by atoms with E-state index in [0.29, 0.717) is 17.3 Å². The zero-order chi connectivity index (χ0) is 27.1. The molecule has 0 aliphatic carbocycles. The number of nitrogens with one attached hydrogen (secondary N) is 1. The van der Waals surface area contributed by atoms with E-state index >= 15 is 0 Å². The van der Waals surface area contributed by atoms with Gasteiger partial charge in [-0.1, -0.05) is 42.5 Å². The van der Waals surface area contributed by atoms with Crippen LogP contribution in [0, 0.1) is 5.92 Å². The number of ether oxygens (including phenoxy) is 1. The minimum absolute atomic E-state index is 0.00270. The van der Waals surface area contributed by atoms with E-state index in [2.05, 4.69) is 29.6 Å². The van der Waals surface area contributed by atoms with Gasteiger partial charge in [0, 0.05) is 36.3 Å². The van der Waals surface area contributed by atoms with Gasteiger partial charge < -0.3 is 10.1 Å². The molecule has 1 amide bonds. The van der Waals surface area contributed by atoms with Gasteiger partial charge in [0.25, 0.3) is 11.5 Å². The Morgan fingerprint density at radius 3 is 2.55 bits per heavy atom. The number of amides is 1. The normalized spacial score (nSPS) is 18.9. The molecule has 1 atom stereocenters. The van der Waals surface area contributed by atoms with Gasteiger partial charge in [-0.05, 0) is 84.2 Å². The van der Waals surface area contributed by atoms with Gasteiger partial charge >= 0.3 is 0 Å². The van der Waals surface area contributed by atoms with Gasteiger partial charge in [0.15, 0.2) is 0 Å². The lowest BCUT2D eigenvalue weighted by Crippen LogP contribution is -2.39. The molecule has 1 unspecified atom stereocenters. The van der Waals surface area contributed by atoms with Gasteiger partial charge in [0.2, 0.25) is 0 Å². The van der Waals surface area contributed by atoms with E-state index in [1.807, 2.05) is 36.4 Å². The molecule has 7 heteroatoms. The number of aliphatic imine (C=N–C) groups is 1.